The van der Waals surface area contributed by atoms with Gasteiger partial charge >= 0.3 is 0 Å². The Kier molecular flexibility index (Phi) is 9.42. The Morgan fingerprint density at radius 2 is 1.83 bits per heavy atom. The third kappa shape index (κ3) is 6.16. The van der Waals surface area contributed by atoms with Crippen LogP contribution in [0, 0.1) is 23.2 Å². The van der Waals surface area contributed by atoms with E-state index >= 15 is 0 Å². The van der Waals surface area contributed by atoms with Crippen molar-refractivity contribution in [2.45, 2.75) is 72.4 Å². The van der Waals surface area contributed by atoms with Crippen molar-refractivity contribution < 1.29 is 24.5 Å². The number of thiazole rings is 1. The molecule has 1 saturated heterocycles. The molecule has 6 atom stereocenters. The monoisotopic (exact) mass is 597 g/mol. The van der Waals surface area contributed by atoms with Gasteiger partial charge in [-0.05, 0) is 62.5 Å². The number of anilines is 1. The van der Waals surface area contributed by atoms with Gasteiger partial charge in [-0.25, -0.2) is 4.98 Å². The number of hydrogen-bond acceptors (Lipinski definition) is 5. The fourth-order valence-electron chi connectivity index (χ4n) is 8.05. The van der Waals surface area contributed by atoms with E-state index in [0.717, 1.165) is 31.5 Å². The molecule has 2 fully saturated rings. The van der Waals surface area contributed by atoms with Crippen LogP contribution in [0.15, 0.2) is 24.3 Å². The number of benzene rings is 1. The summed E-state index contributed by atoms with van der Waals surface area (Å²) in [5.74, 6) is -0.184. The fourth-order valence-corrected chi connectivity index (χ4v) is 9.30. The molecule has 230 valence electrons. The number of nitrogens with one attached hydrogen (secondary N) is 3. The summed E-state index contributed by atoms with van der Waals surface area (Å²) in [7, 11) is 2.26. The van der Waals surface area contributed by atoms with Crippen molar-refractivity contribution in [3.63, 3.8) is 0 Å². The van der Waals surface area contributed by atoms with E-state index in [9.17, 15) is 14.7 Å². The average Bonchev–Trinajstić information content (AvgIpc) is 3.36. The van der Waals surface area contributed by atoms with Gasteiger partial charge in [0.15, 0.2) is 5.13 Å². The molecular formula is C33H51N5O3S+2. The van der Waals surface area contributed by atoms with Gasteiger partial charge in [-0.1, -0.05) is 32.9 Å². The number of amides is 2. The quantitative estimate of drug-likeness (QED) is 0.374. The predicted octanol–water partition coefficient (Wildman–Crippen LogP) is 1.87. The molecule has 8 nitrogen and oxygen atoms in total. The second-order valence-electron chi connectivity index (χ2n) is 13.5. The SMILES string of the molecule is CCN(CC)C(=O)[C@@H](C)[C@@H]1CC[C@@]2(C)Cc3sc(NC(=O)c4ccc(C[NH+]5CC[NH+](C)CC5)cc4)nc3[C@@H](C)[C@@H]2[C@H]1O. The highest BCUT2D eigenvalue weighted by molar-refractivity contribution is 7.15. The molecule has 1 aliphatic heterocycles. The zero-order valence-electron chi connectivity index (χ0n) is 26.3. The Hall–Kier alpha value is -2.33. The smallest absolute Gasteiger partial charge is 0.257 e. The maximum absolute atomic E-state index is 13.2. The van der Waals surface area contributed by atoms with Crippen LogP contribution in [0.2, 0.25) is 0 Å². The number of hydrogen-bond donors (Lipinski definition) is 4. The molecule has 42 heavy (non-hydrogen) atoms. The van der Waals surface area contributed by atoms with Crippen LogP contribution >= 0.6 is 11.3 Å². The van der Waals surface area contributed by atoms with Crippen LogP contribution in [-0.2, 0) is 17.8 Å². The summed E-state index contributed by atoms with van der Waals surface area (Å²) in [4.78, 5) is 37.6. The van der Waals surface area contributed by atoms with E-state index in [2.05, 4.69) is 38.3 Å². The van der Waals surface area contributed by atoms with Crippen LogP contribution in [0.3, 0.4) is 0 Å². The average molecular weight is 598 g/mol. The molecule has 2 aromatic rings. The van der Waals surface area contributed by atoms with E-state index in [1.165, 1.54) is 36.6 Å². The van der Waals surface area contributed by atoms with Crippen molar-refractivity contribution in [1.82, 2.24) is 9.88 Å². The third-order valence-corrected chi connectivity index (χ3v) is 11.7. The molecule has 1 saturated carbocycles. The first kappa shape index (κ1) is 31.1. The summed E-state index contributed by atoms with van der Waals surface area (Å²) in [5.41, 5.74) is 2.84. The Morgan fingerprint density at radius 1 is 1.17 bits per heavy atom. The summed E-state index contributed by atoms with van der Waals surface area (Å²) >= 11 is 1.58. The summed E-state index contributed by atoms with van der Waals surface area (Å²) in [6.45, 7) is 17.7. The normalized spacial score (nSPS) is 31.5. The fraction of sp³-hybridized carbons (Fsp3) is 0.667. The molecule has 0 bridgehead atoms. The molecule has 5 rings (SSSR count). The Labute approximate surface area is 255 Å². The van der Waals surface area contributed by atoms with Gasteiger partial charge in [-0.2, -0.15) is 0 Å². The van der Waals surface area contributed by atoms with Gasteiger partial charge in [-0.15, -0.1) is 11.3 Å². The standard InChI is InChI=1S/C33H49N5O3S/c1-7-38(8-2)31(41)21(3)25-13-14-33(5)19-26-28(22(4)27(33)29(25)39)34-32(42-26)35-30(40)24-11-9-23(10-12-24)20-37-17-15-36(6)16-18-37/h9-12,21-22,25,27,29,39H,7-8,13-20H2,1-6H3,(H,34,35,40)/p+2/t21-,22-,25-,27+,29-,33-/m0/s1. The van der Waals surface area contributed by atoms with Crippen molar-refractivity contribution in [3.05, 3.63) is 46.0 Å². The molecule has 2 amide bonds. The highest BCUT2D eigenvalue weighted by Gasteiger charge is 2.54. The van der Waals surface area contributed by atoms with Crippen LogP contribution in [-0.4, -0.2) is 79.2 Å². The van der Waals surface area contributed by atoms with Gasteiger partial charge in [0.05, 0.1) is 18.8 Å². The lowest BCUT2D eigenvalue weighted by molar-refractivity contribution is -1.01. The Balaban J connectivity index is 1.25. The number of carbonyl (C=O) groups excluding carboxylic acids is 2. The number of aliphatic hydroxyl groups excluding tert-OH is 1. The lowest BCUT2D eigenvalue weighted by atomic mass is 9.53. The van der Waals surface area contributed by atoms with E-state index in [0.29, 0.717) is 23.8 Å². The minimum absolute atomic E-state index is 0.0257. The predicted molar refractivity (Wildman–Crippen MR) is 167 cm³/mol. The zero-order chi connectivity index (χ0) is 30.2. The van der Waals surface area contributed by atoms with E-state index < -0.39 is 6.10 Å². The number of quaternary nitrogens is 2. The van der Waals surface area contributed by atoms with Gasteiger partial charge in [0.1, 0.15) is 32.7 Å². The number of likely N-dealkylation sites (N-methyl/N-ethyl adjacent to an activating group) is 1. The summed E-state index contributed by atoms with van der Waals surface area (Å²) in [6.07, 6.45) is 2.11. The first-order chi connectivity index (χ1) is 20.0. The second-order valence-corrected chi connectivity index (χ2v) is 14.6. The molecule has 0 radical (unpaired) electrons. The highest BCUT2D eigenvalue weighted by Crippen LogP contribution is 2.57. The van der Waals surface area contributed by atoms with Gasteiger partial charge < -0.3 is 19.8 Å². The molecule has 3 aliphatic rings. The molecule has 1 aromatic heterocycles. The van der Waals surface area contributed by atoms with Crippen LogP contribution < -0.4 is 15.1 Å². The summed E-state index contributed by atoms with van der Waals surface area (Å²) < 4.78 is 0. The van der Waals surface area contributed by atoms with Gasteiger partial charge in [0, 0.05) is 40.9 Å². The topological polar surface area (TPSA) is 91.4 Å². The van der Waals surface area contributed by atoms with Crippen molar-refractivity contribution in [1.29, 1.82) is 0 Å². The first-order valence-electron chi connectivity index (χ1n) is 16.1. The lowest BCUT2D eigenvalue weighted by Gasteiger charge is -2.53. The first-order valence-corrected chi connectivity index (χ1v) is 16.9. The molecule has 0 spiro atoms. The zero-order valence-corrected chi connectivity index (χ0v) is 27.2. The molecule has 1 aromatic carbocycles. The lowest BCUT2D eigenvalue weighted by Crippen LogP contribution is -3.26. The van der Waals surface area contributed by atoms with Crippen molar-refractivity contribution >= 4 is 28.3 Å². The number of rotatable bonds is 8. The maximum Gasteiger partial charge on any atom is 0.257 e. The summed E-state index contributed by atoms with van der Waals surface area (Å²) in [5, 5.41) is 15.4. The Morgan fingerprint density at radius 3 is 2.48 bits per heavy atom. The largest absolute Gasteiger partial charge is 0.392 e. The van der Waals surface area contributed by atoms with Crippen LogP contribution in [0.4, 0.5) is 5.13 Å². The molecule has 4 N–H and O–H groups in total. The van der Waals surface area contributed by atoms with Crippen molar-refractivity contribution in [2.75, 3.05) is 51.6 Å². The molecule has 0 unspecified atom stereocenters. The van der Waals surface area contributed by atoms with E-state index in [-0.39, 0.29) is 40.9 Å². The minimum atomic E-state index is -0.561. The van der Waals surface area contributed by atoms with Gasteiger partial charge in [-0.3, -0.25) is 14.9 Å². The molecule has 9 heteroatoms. The number of carbonyl (C=O) groups is 2. The highest BCUT2D eigenvalue weighted by atomic mass is 32.1. The van der Waals surface area contributed by atoms with Crippen LogP contribution in [0.5, 0.6) is 0 Å². The number of fused-ring (bicyclic) bond motifs is 2. The van der Waals surface area contributed by atoms with Gasteiger partial charge in [0.2, 0.25) is 5.91 Å². The number of nitrogens with zero attached hydrogens (tertiary/aromatic N) is 2. The number of aliphatic hydroxyl groups is 1. The maximum atomic E-state index is 13.2. The minimum Gasteiger partial charge on any atom is -0.392 e. The van der Waals surface area contributed by atoms with Gasteiger partial charge in [0.25, 0.3) is 5.91 Å². The third-order valence-electron chi connectivity index (χ3n) is 10.7. The Bertz CT molecular complexity index is 1250. The van der Waals surface area contributed by atoms with E-state index in [4.69, 9.17) is 4.98 Å². The number of aromatic nitrogens is 1. The van der Waals surface area contributed by atoms with Crippen LogP contribution in [0.25, 0.3) is 0 Å². The molecule has 2 aliphatic carbocycles. The summed E-state index contributed by atoms with van der Waals surface area (Å²) in [6, 6.07) is 8.01. The van der Waals surface area contributed by atoms with E-state index in [1.807, 2.05) is 37.8 Å². The molecule has 2 heterocycles. The van der Waals surface area contributed by atoms with E-state index in [1.54, 1.807) is 21.1 Å². The van der Waals surface area contributed by atoms with Crippen molar-refractivity contribution in [3.8, 4) is 0 Å². The molecular weight excluding hydrogens is 546 g/mol. The second kappa shape index (κ2) is 12.7. The number of piperazine rings is 1. The van der Waals surface area contributed by atoms with Crippen molar-refractivity contribution in [2.24, 2.45) is 23.2 Å². The van der Waals surface area contributed by atoms with Crippen LogP contribution in [0.1, 0.15) is 79.9 Å².